The molecule has 0 aliphatic rings. The molecule has 2 aromatic carbocycles. The molecule has 5 aromatic rings. The van der Waals surface area contributed by atoms with Crippen LogP contribution in [0, 0.1) is 6.92 Å². The molecule has 0 atom stereocenters. The highest BCUT2D eigenvalue weighted by molar-refractivity contribution is 14.1. The molecule has 3 aromatic heterocycles. The molecular weight excluding hydrogens is 551 g/mol. The van der Waals surface area contributed by atoms with E-state index in [2.05, 4.69) is 91.5 Å². The number of hydrogen-bond donors (Lipinski definition) is 2. The third-order valence-corrected chi connectivity index (χ3v) is 6.53. The summed E-state index contributed by atoms with van der Waals surface area (Å²) in [6.07, 6.45) is 1.82. The maximum atomic E-state index is 5.68. The molecule has 0 aliphatic heterocycles. The van der Waals surface area contributed by atoms with E-state index in [4.69, 9.17) is 4.74 Å². The Morgan fingerprint density at radius 3 is 2.60 bits per heavy atom. The Balaban J connectivity index is 1.76. The van der Waals surface area contributed by atoms with Crippen molar-refractivity contribution in [3.63, 3.8) is 0 Å². The fourth-order valence-corrected chi connectivity index (χ4v) is 5.09. The number of nitrogens with one attached hydrogen (secondary N) is 2. The number of aromatic amines is 1. The zero-order chi connectivity index (χ0) is 24.7. The molecule has 0 bridgehead atoms. The van der Waals surface area contributed by atoms with Crippen LogP contribution in [0.25, 0.3) is 30.9 Å². The summed E-state index contributed by atoms with van der Waals surface area (Å²) in [5.74, 6) is 1.79. The number of aromatic nitrogens is 5. The van der Waals surface area contributed by atoms with E-state index in [-0.39, 0.29) is 5.92 Å². The number of anilines is 2. The first-order chi connectivity index (χ1) is 16.9. The van der Waals surface area contributed by atoms with Crippen molar-refractivity contribution in [1.29, 1.82) is 0 Å². The quantitative estimate of drug-likeness (QED) is 0.199. The van der Waals surface area contributed by atoms with E-state index in [1.807, 2.05) is 44.3 Å². The first-order valence-corrected chi connectivity index (χ1v) is 12.7. The van der Waals surface area contributed by atoms with Crippen LogP contribution in [0.3, 0.4) is 0 Å². The summed E-state index contributed by atoms with van der Waals surface area (Å²) in [7, 11) is 0. The van der Waals surface area contributed by atoms with Gasteiger partial charge in [-0.1, -0.05) is 20.4 Å². The van der Waals surface area contributed by atoms with Gasteiger partial charge in [-0.05, 0) is 84.8 Å². The van der Waals surface area contributed by atoms with Crippen LogP contribution in [-0.4, -0.2) is 31.6 Å². The lowest BCUT2D eigenvalue weighted by Crippen LogP contribution is -2.05. The summed E-state index contributed by atoms with van der Waals surface area (Å²) >= 11 is 2.31. The van der Waals surface area contributed by atoms with Gasteiger partial charge in [-0.25, -0.2) is 0 Å². The average molecular weight is 578 g/mol. The zero-order valence-electron chi connectivity index (χ0n) is 20.2. The number of benzene rings is 2. The predicted molar refractivity (Wildman–Crippen MR) is 151 cm³/mol. The number of fused-ring (bicyclic) bond motifs is 2. The van der Waals surface area contributed by atoms with E-state index in [1.54, 1.807) is 0 Å². The molecule has 0 unspecified atom stereocenters. The highest BCUT2D eigenvalue weighted by atomic mass is 127. The number of ether oxygens (including phenoxy) is 1. The van der Waals surface area contributed by atoms with Crippen LogP contribution in [0.5, 0.6) is 5.75 Å². The Morgan fingerprint density at radius 2 is 1.91 bits per heavy atom. The van der Waals surface area contributed by atoms with E-state index in [1.165, 1.54) is 0 Å². The largest absolute Gasteiger partial charge is 0.494 e. The van der Waals surface area contributed by atoms with Crippen LogP contribution >= 0.6 is 22.6 Å². The second-order valence-electron chi connectivity index (χ2n) is 8.74. The third kappa shape index (κ3) is 4.16. The van der Waals surface area contributed by atoms with Crippen molar-refractivity contribution in [2.75, 3.05) is 11.9 Å². The minimum Gasteiger partial charge on any atom is -0.494 e. The standard InChI is InChI=1S/C27H27IN6O/c1-6-35-21-10-8-20(9-11-21)34-25(15(2)3)24-23(26(34)16(4)28)17(5)31-33-27(24)30-19-7-12-22-18(13-19)14-29-32-22/h7-15H,4,6H2,1-3,5H3,(H,29,32)(H,30,33). The number of nitrogens with zero attached hydrogens (tertiary/aromatic N) is 4. The Bertz CT molecular complexity index is 1550. The molecule has 178 valence electrons. The fraction of sp³-hybridized carbons (Fsp3) is 0.222. The smallest absolute Gasteiger partial charge is 0.162 e. The van der Waals surface area contributed by atoms with E-state index < -0.39 is 0 Å². The molecule has 0 saturated heterocycles. The van der Waals surface area contributed by atoms with Gasteiger partial charge in [0.2, 0.25) is 0 Å². The zero-order valence-corrected chi connectivity index (χ0v) is 22.3. The van der Waals surface area contributed by atoms with Crippen molar-refractivity contribution in [2.24, 2.45) is 0 Å². The first-order valence-electron chi connectivity index (χ1n) is 11.6. The van der Waals surface area contributed by atoms with Crippen LogP contribution in [0.15, 0.2) is 55.2 Å². The van der Waals surface area contributed by atoms with E-state index in [0.717, 1.165) is 65.3 Å². The van der Waals surface area contributed by atoms with Gasteiger partial charge in [0.05, 0.1) is 35.1 Å². The second kappa shape index (κ2) is 9.33. The summed E-state index contributed by atoms with van der Waals surface area (Å²) in [6, 6.07) is 14.3. The number of hydrogen-bond acceptors (Lipinski definition) is 5. The van der Waals surface area contributed by atoms with Gasteiger partial charge >= 0.3 is 0 Å². The second-order valence-corrected chi connectivity index (χ2v) is 10.0. The molecule has 0 aliphatic carbocycles. The monoisotopic (exact) mass is 578 g/mol. The maximum absolute atomic E-state index is 5.68. The van der Waals surface area contributed by atoms with Gasteiger partial charge in [-0.3, -0.25) is 5.10 Å². The number of rotatable bonds is 7. The molecule has 2 N–H and O–H groups in total. The van der Waals surface area contributed by atoms with Crippen LogP contribution in [0.1, 0.15) is 43.8 Å². The van der Waals surface area contributed by atoms with Crippen LogP contribution in [0.2, 0.25) is 0 Å². The van der Waals surface area contributed by atoms with Crippen molar-refractivity contribution in [3.8, 4) is 11.4 Å². The molecule has 0 radical (unpaired) electrons. The molecule has 5 rings (SSSR count). The summed E-state index contributed by atoms with van der Waals surface area (Å²) in [5, 5.41) is 22.9. The summed E-state index contributed by atoms with van der Waals surface area (Å²) in [6.45, 7) is 13.4. The molecule has 7 nitrogen and oxygen atoms in total. The Hall–Kier alpha value is -3.40. The lowest BCUT2D eigenvalue weighted by Gasteiger charge is -2.17. The van der Waals surface area contributed by atoms with Gasteiger partial charge < -0.3 is 14.6 Å². The Kier molecular flexibility index (Phi) is 6.22. The SMILES string of the molecule is C=C(I)c1c2c(C)nnc(Nc3ccc4[nH]ncc4c3)c2c(C(C)C)n1-c1ccc(OCC)cc1. The van der Waals surface area contributed by atoms with Crippen molar-refractivity contribution in [3.05, 3.63) is 72.3 Å². The van der Waals surface area contributed by atoms with Gasteiger partial charge in [0.15, 0.2) is 5.82 Å². The highest BCUT2D eigenvalue weighted by Gasteiger charge is 2.26. The predicted octanol–water partition coefficient (Wildman–Crippen LogP) is 7.28. The van der Waals surface area contributed by atoms with Gasteiger partial charge in [0, 0.05) is 31.4 Å². The Labute approximate surface area is 217 Å². The molecule has 0 spiro atoms. The molecule has 0 fully saturated rings. The van der Waals surface area contributed by atoms with Crippen molar-refractivity contribution in [1.82, 2.24) is 25.0 Å². The van der Waals surface area contributed by atoms with Crippen molar-refractivity contribution >= 4 is 59.4 Å². The highest BCUT2D eigenvalue weighted by Crippen LogP contribution is 2.43. The maximum Gasteiger partial charge on any atom is 0.162 e. The van der Waals surface area contributed by atoms with E-state index in [0.29, 0.717) is 6.61 Å². The molecule has 0 saturated carbocycles. The summed E-state index contributed by atoms with van der Waals surface area (Å²) in [5.41, 5.74) is 6.03. The van der Waals surface area contributed by atoms with Crippen molar-refractivity contribution < 1.29 is 4.74 Å². The number of halogens is 1. The topological polar surface area (TPSA) is 80.7 Å². The molecule has 0 amide bonds. The molecule has 35 heavy (non-hydrogen) atoms. The van der Waals surface area contributed by atoms with Crippen molar-refractivity contribution in [2.45, 2.75) is 33.6 Å². The Morgan fingerprint density at radius 1 is 1.14 bits per heavy atom. The minimum atomic E-state index is 0.217. The van der Waals surface area contributed by atoms with Crippen LogP contribution < -0.4 is 10.1 Å². The van der Waals surface area contributed by atoms with Crippen LogP contribution in [0.4, 0.5) is 11.5 Å². The summed E-state index contributed by atoms with van der Waals surface area (Å²) < 4.78 is 8.91. The first kappa shape index (κ1) is 23.3. The molecule has 8 heteroatoms. The lowest BCUT2D eigenvalue weighted by molar-refractivity contribution is 0.340. The lowest BCUT2D eigenvalue weighted by atomic mass is 10.0. The van der Waals surface area contributed by atoms with E-state index >= 15 is 0 Å². The normalized spacial score (nSPS) is 11.5. The third-order valence-electron chi connectivity index (χ3n) is 6.02. The molecule has 3 heterocycles. The fourth-order valence-electron chi connectivity index (χ4n) is 4.58. The van der Waals surface area contributed by atoms with Gasteiger partial charge in [0.25, 0.3) is 0 Å². The number of aryl methyl sites for hydroxylation is 1. The number of H-pyrrole nitrogens is 1. The minimum absolute atomic E-state index is 0.217. The average Bonchev–Trinajstić information content (AvgIpc) is 3.44. The van der Waals surface area contributed by atoms with E-state index in [9.17, 15) is 0 Å². The van der Waals surface area contributed by atoms with Gasteiger partial charge in [0.1, 0.15) is 5.75 Å². The summed E-state index contributed by atoms with van der Waals surface area (Å²) in [4.78, 5) is 0. The van der Waals surface area contributed by atoms with Gasteiger partial charge in [-0.2, -0.15) is 10.2 Å². The molecular formula is C27H27IN6O. The van der Waals surface area contributed by atoms with Crippen LogP contribution in [-0.2, 0) is 0 Å². The van der Waals surface area contributed by atoms with Gasteiger partial charge in [-0.15, -0.1) is 5.10 Å².